The maximum Gasteiger partial charge on any atom is 0.109 e. The molecule has 0 saturated carbocycles. The highest BCUT2D eigenvalue weighted by Crippen LogP contribution is 2.26. The average Bonchev–Trinajstić information content (AvgIpc) is 2.79. The highest BCUT2D eigenvalue weighted by atomic mass is 32.1. The van der Waals surface area contributed by atoms with Crippen molar-refractivity contribution in [3.8, 4) is 0 Å². The Bertz CT molecular complexity index is 338. The van der Waals surface area contributed by atoms with Gasteiger partial charge in [-0.15, -0.1) is 11.3 Å². The summed E-state index contributed by atoms with van der Waals surface area (Å²) in [5.74, 6) is 0. The first-order valence-electron chi connectivity index (χ1n) is 6.53. The van der Waals surface area contributed by atoms with Crippen LogP contribution in [0.5, 0.6) is 0 Å². The number of thiazole rings is 1. The fourth-order valence-electron chi connectivity index (χ4n) is 2.42. The Kier molecular flexibility index (Phi) is 4.17. The second-order valence-corrected chi connectivity index (χ2v) is 6.14. The van der Waals surface area contributed by atoms with Gasteiger partial charge in [0.25, 0.3) is 0 Å². The van der Waals surface area contributed by atoms with Crippen LogP contribution in [0.25, 0.3) is 0 Å². The minimum atomic E-state index is 0.252. The molecule has 96 valence electrons. The molecule has 4 heteroatoms. The summed E-state index contributed by atoms with van der Waals surface area (Å²) in [4.78, 5) is 7.02. The van der Waals surface area contributed by atoms with Gasteiger partial charge in [0.15, 0.2) is 0 Å². The molecule has 3 nitrogen and oxygen atoms in total. The summed E-state index contributed by atoms with van der Waals surface area (Å²) in [6.07, 6.45) is 4.31. The Balaban J connectivity index is 2.09. The van der Waals surface area contributed by atoms with Gasteiger partial charge < -0.3 is 5.32 Å². The van der Waals surface area contributed by atoms with E-state index in [1.807, 2.05) is 6.20 Å². The fourth-order valence-corrected chi connectivity index (χ4v) is 3.15. The van der Waals surface area contributed by atoms with Crippen LogP contribution in [-0.2, 0) is 0 Å². The molecule has 0 aromatic carbocycles. The van der Waals surface area contributed by atoms with Crippen LogP contribution in [0.1, 0.15) is 44.7 Å². The van der Waals surface area contributed by atoms with Gasteiger partial charge in [0.05, 0.1) is 6.04 Å². The molecule has 1 saturated heterocycles. The van der Waals surface area contributed by atoms with E-state index in [-0.39, 0.29) is 5.54 Å². The lowest BCUT2D eigenvalue weighted by molar-refractivity contribution is 0.169. The average molecular weight is 253 g/mol. The third kappa shape index (κ3) is 3.06. The van der Waals surface area contributed by atoms with Crippen molar-refractivity contribution in [2.75, 3.05) is 19.6 Å². The Morgan fingerprint density at radius 3 is 3.12 bits per heavy atom. The standard InChI is InChI=1S/C13H23N3S/c1-4-13(3)10-16(8-5-6-15-13)11(2)12-14-7-9-17-12/h7,9,11,15H,4-6,8,10H2,1-3H3. The molecule has 0 aliphatic carbocycles. The molecular formula is C13H23N3S. The Labute approximate surface area is 108 Å². The van der Waals surface area contributed by atoms with Gasteiger partial charge in [0, 0.05) is 30.2 Å². The van der Waals surface area contributed by atoms with Gasteiger partial charge in [0.1, 0.15) is 5.01 Å². The van der Waals surface area contributed by atoms with E-state index in [1.54, 1.807) is 11.3 Å². The monoisotopic (exact) mass is 253 g/mol. The summed E-state index contributed by atoms with van der Waals surface area (Å²) in [7, 11) is 0. The first-order valence-corrected chi connectivity index (χ1v) is 7.41. The number of hydrogen-bond donors (Lipinski definition) is 1. The number of aromatic nitrogens is 1. The molecule has 0 bridgehead atoms. The van der Waals surface area contributed by atoms with Crippen LogP contribution in [0, 0.1) is 0 Å². The third-order valence-electron chi connectivity index (χ3n) is 3.86. The quantitative estimate of drug-likeness (QED) is 0.897. The zero-order valence-corrected chi connectivity index (χ0v) is 11.9. The van der Waals surface area contributed by atoms with E-state index < -0.39 is 0 Å². The summed E-state index contributed by atoms with van der Waals surface area (Å²) in [5, 5.41) is 6.99. The summed E-state index contributed by atoms with van der Waals surface area (Å²) in [5.41, 5.74) is 0.252. The minimum absolute atomic E-state index is 0.252. The van der Waals surface area contributed by atoms with Crippen LogP contribution in [0.3, 0.4) is 0 Å². The molecule has 2 atom stereocenters. The lowest BCUT2D eigenvalue weighted by atomic mass is 9.98. The molecule has 1 aliphatic heterocycles. The maximum atomic E-state index is 4.45. The van der Waals surface area contributed by atoms with Gasteiger partial charge in [-0.05, 0) is 33.2 Å². The van der Waals surface area contributed by atoms with E-state index in [1.165, 1.54) is 24.4 Å². The van der Waals surface area contributed by atoms with Crippen molar-refractivity contribution in [3.05, 3.63) is 16.6 Å². The van der Waals surface area contributed by atoms with Crippen LogP contribution in [0.15, 0.2) is 11.6 Å². The van der Waals surface area contributed by atoms with Crippen LogP contribution >= 0.6 is 11.3 Å². The Morgan fingerprint density at radius 1 is 1.65 bits per heavy atom. The molecule has 0 spiro atoms. The van der Waals surface area contributed by atoms with Crippen LogP contribution in [0.4, 0.5) is 0 Å². The number of nitrogens with zero attached hydrogens (tertiary/aromatic N) is 2. The van der Waals surface area contributed by atoms with E-state index >= 15 is 0 Å². The summed E-state index contributed by atoms with van der Waals surface area (Å²) >= 11 is 1.77. The van der Waals surface area contributed by atoms with E-state index in [0.29, 0.717) is 6.04 Å². The molecule has 2 unspecified atom stereocenters. The highest BCUT2D eigenvalue weighted by molar-refractivity contribution is 7.09. The van der Waals surface area contributed by atoms with Crippen LogP contribution in [-0.4, -0.2) is 35.1 Å². The molecule has 1 aliphatic rings. The first kappa shape index (κ1) is 13.0. The SMILES string of the molecule is CCC1(C)CN(C(C)c2nccs2)CCCN1. The molecule has 0 amide bonds. The molecule has 1 aromatic heterocycles. The van der Waals surface area contributed by atoms with Crippen LogP contribution < -0.4 is 5.32 Å². The van der Waals surface area contributed by atoms with E-state index in [2.05, 4.69) is 41.4 Å². The minimum Gasteiger partial charge on any atom is -0.310 e. The van der Waals surface area contributed by atoms with Crippen molar-refractivity contribution in [1.29, 1.82) is 0 Å². The summed E-state index contributed by atoms with van der Waals surface area (Å²) in [6, 6.07) is 0.445. The number of rotatable bonds is 3. The zero-order chi connectivity index (χ0) is 12.3. The number of nitrogens with one attached hydrogen (secondary N) is 1. The predicted octanol–water partition coefficient (Wildman–Crippen LogP) is 2.67. The van der Waals surface area contributed by atoms with E-state index in [9.17, 15) is 0 Å². The fraction of sp³-hybridized carbons (Fsp3) is 0.769. The first-order chi connectivity index (χ1) is 8.14. The van der Waals surface area contributed by atoms with Gasteiger partial charge in [-0.25, -0.2) is 4.98 Å². The van der Waals surface area contributed by atoms with E-state index in [0.717, 1.165) is 13.1 Å². The van der Waals surface area contributed by atoms with Gasteiger partial charge in [0.2, 0.25) is 0 Å². The maximum absolute atomic E-state index is 4.45. The molecular weight excluding hydrogens is 230 g/mol. The molecule has 0 radical (unpaired) electrons. The highest BCUT2D eigenvalue weighted by Gasteiger charge is 2.30. The second-order valence-electron chi connectivity index (χ2n) is 5.21. The number of hydrogen-bond acceptors (Lipinski definition) is 4. The normalized spacial score (nSPS) is 28.9. The van der Waals surface area contributed by atoms with Crippen molar-refractivity contribution in [2.24, 2.45) is 0 Å². The molecule has 1 N–H and O–H groups in total. The molecule has 1 fully saturated rings. The Morgan fingerprint density at radius 2 is 2.47 bits per heavy atom. The van der Waals surface area contributed by atoms with Gasteiger partial charge in [-0.1, -0.05) is 6.92 Å². The van der Waals surface area contributed by atoms with Crippen molar-refractivity contribution in [2.45, 2.75) is 45.2 Å². The zero-order valence-electron chi connectivity index (χ0n) is 11.1. The molecule has 1 aromatic rings. The van der Waals surface area contributed by atoms with Gasteiger partial charge in [-0.2, -0.15) is 0 Å². The lowest BCUT2D eigenvalue weighted by Gasteiger charge is -2.35. The smallest absolute Gasteiger partial charge is 0.109 e. The topological polar surface area (TPSA) is 28.2 Å². The molecule has 2 heterocycles. The van der Waals surface area contributed by atoms with Crippen LogP contribution in [0.2, 0.25) is 0 Å². The lowest BCUT2D eigenvalue weighted by Crippen LogP contribution is -2.48. The summed E-state index contributed by atoms with van der Waals surface area (Å²) in [6.45, 7) is 10.3. The second kappa shape index (κ2) is 5.46. The van der Waals surface area contributed by atoms with Gasteiger partial charge in [-0.3, -0.25) is 4.90 Å². The summed E-state index contributed by atoms with van der Waals surface area (Å²) < 4.78 is 0. The predicted molar refractivity (Wildman–Crippen MR) is 73.4 cm³/mol. The molecule has 17 heavy (non-hydrogen) atoms. The van der Waals surface area contributed by atoms with Crippen molar-refractivity contribution >= 4 is 11.3 Å². The Hall–Kier alpha value is -0.450. The molecule has 2 rings (SSSR count). The van der Waals surface area contributed by atoms with E-state index in [4.69, 9.17) is 0 Å². The largest absolute Gasteiger partial charge is 0.310 e. The van der Waals surface area contributed by atoms with Crippen molar-refractivity contribution < 1.29 is 0 Å². The van der Waals surface area contributed by atoms with Crippen molar-refractivity contribution in [1.82, 2.24) is 15.2 Å². The van der Waals surface area contributed by atoms with Crippen molar-refractivity contribution in [3.63, 3.8) is 0 Å². The van der Waals surface area contributed by atoms with Gasteiger partial charge >= 0.3 is 0 Å². The third-order valence-corrected chi connectivity index (χ3v) is 4.81.